The Balaban J connectivity index is 2.74. The van der Waals surface area contributed by atoms with Crippen molar-refractivity contribution in [2.45, 2.75) is 13.3 Å². The minimum Gasteiger partial charge on any atom is -0.423 e. The fraction of sp³-hybridized carbons (Fsp3) is 0.222. The van der Waals surface area contributed by atoms with Crippen molar-refractivity contribution in [2.75, 3.05) is 0 Å². The van der Waals surface area contributed by atoms with Gasteiger partial charge in [-0.1, -0.05) is 13.0 Å². The number of halogens is 1. The summed E-state index contributed by atoms with van der Waals surface area (Å²) in [7, 11) is -1.61. The first-order chi connectivity index (χ1) is 7.13. The third kappa shape index (κ3) is 1.76. The van der Waals surface area contributed by atoms with Crippen molar-refractivity contribution < 1.29 is 14.4 Å². The highest BCUT2D eigenvalue weighted by atomic mass is 32.1. The number of rotatable bonds is 2. The van der Waals surface area contributed by atoms with Gasteiger partial charge in [-0.15, -0.1) is 11.3 Å². The molecule has 0 aliphatic carbocycles. The molecule has 0 aliphatic rings. The van der Waals surface area contributed by atoms with Crippen LogP contribution in [0.1, 0.15) is 11.9 Å². The zero-order chi connectivity index (χ0) is 11.0. The number of aryl methyl sites for hydroxylation is 1. The van der Waals surface area contributed by atoms with Crippen LogP contribution in [0.4, 0.5) is 4.39 Å². The Hall–Kier alpha value is -0.975. The Kier molecular flexibility index (Phi) is 2.73. The Morgan fingerprint density at radius 1 is 1.47 bits per heavy atom. The summed E-state index contributed by atoms with van der Waals surface area (Å²) in [5.74, 6) is -0.369. The summed E-state index contributed by atoms with van der Waals surface area (Å²) in [4.78, 5) is 4.17. The van der Waals surface area contributed by atoms with E-state index < -0.39 is 7.12 Å². The first kappa shape index (κ1) is 10.5. The summed E-state index contributed by atoms with van der Waals surface area (Å²) in [6.45, 7) is 1.92. The molecular formula is C9H9BFNO2S. The van der Waals surface area contributed by atoms with Crippen molar-refractivity contribution in [1.29, 1.82) is 0 Å². The fourth-order valence-electron chi connectivity index (χ4n) is 1.40. The van der Waals surface area contributed by atoms with Gasteiger partial charge >= 0.3 is 7.12 Å². The van der Waals surface area contributed by atoms with Crippen molar-refractivity contribution in [2.24, 2.45) is 0 Å². The van der Waals surface area contributed by atoms with Gasteiger partial charge in [0, 0.05) is 5.46 Å². The molecule has 0 spiro atoms. The molecule has 0 fully saturated rings. The molecule has 1 heterocycles. The molecule has 0 radical (unpaired) electrons. The molecule has 0 amide bonds. The molecule has 2 rings (SSSR count). The van der Waals surface area contributed by atoms with Gasteiger partial charge in [0.1, 0.15) is 5.82 Å². The van der Waals surface area contributed by atoms with Crippen molar-refractivity contribution in [3.8, 4) is 0 Å². The standard InChI is InChI=1S/C9H9BFNO2S/c1-2-7-12-8-5(10(13)14)3-4-6(11)9(8)15-7/h3-4,13-14H,2H2,1H3. The van der Waals surface area contributed by atoms with Crippen molar-refractivity contribution in [3.63, 3.8) is 0 Å². The molecule has 2 N–H and O–H groups in total. The van der Waals surface area contributed by atoms with E-state index in [-0.39, 0.29) is 11.3 Å². The molecule has 0 aliphatic heterocycles. The zero-order valence-electron chi connectivity index (χ0n) is 8.07. The lowest BCUT2D eigenvalue weighted by atomic mass is 9.79. The first-order valence-electron chi connectivity index (χ1n) is 4.57. The smallest absolute Gasteiger partial charge is 0.423 e. The normalized spacial score (nSPS) is 10.9. The summed E-state index contributed by atoms with van der Waals surface area (Å²) < 4.78 is 13.8. The quantitative estimate of drug-likeness (QED) is 0.739. The lowest BCUT2D eigenvalue weighted by Gasteiger charge is -1.99. The third-order valence-corrected chi connectivity index (χ3v) is 3.36. The minimum absolute atomic E-state index is 0.252. The monoisotopic (exact) mass is 225 g/mol. The second-order valence-electron chi connectivity index (χ2n) is 3.15. The van der Waals surface area contributed by atoms with E-state index in [1.54, 1.807) is 0 Å². The molecule has 0 saturated heterocycles. The van der Waals surface area contributed by atoms with Crippen molar-refractivity contribution in [3.05, 3.63) is 23.0 Å². The van der Waals surface area contributed by atoms with E-state index in [4.69, 9.17) is 10.0 Å². The SMILES string of the molecule is CCc1nc2c(B(O)O)ccc(F)c2s1. The maximum Gasteiger partial charge on any atom is 0.490 e. The van der Waals surface area contributed by atoms with E-state index in [0.29, 0.717) is 16.6 Å². The molecule has 0 atom stereocenters. The Morgan fingerprint density at radius 2 is 2.20 bits per heavy atom. The van der Waals surface area contributed by atoms with Crippen LogP contribution in [0.2, 0.25) is 0 Å². The van der Waals surface area contributed by atoms with E-state index >= 15 is 0 Å². The molecule has 1 aromatic carbocycles. The molecule has 78 valence electrons. The summed E-state index contributed by atoms with van der Waals surface area (Å²) in [5, 5.41) is 19.0. The van der Waals surface area contributed by atoms with Crippen molar-refractivity contribution in [1.82, 2.24) is 4.98 Å². The Morgan fingerprint density at radius 3 is 2.80 bits per heavy atom. The number of aromatic nitrogens is 1. The maximum atomic E-state index is 13.4. The molecular weight excluding hydrogens is 216 g/mol. The van der Waals surface area contributed by atoms with Gasteiger partial charge in [0.15, 0.2) is 0 Å². The number of thiazole rings is 1. The molecule has 0 unspecified atom stereocenters. The largest absolute Gasteiger partial charge is 0.490 e. The van der Waals surface area contributed by atoms with Gasteiger partial charge in [-0.05, 0) is 12.5 Å². The van der Waals surface area contributed by atoms with Crippen LogP contribution in [-0.2, 0) is 6.42 Å². The predicted octanol–water partition coefficient (Wildman–Crippen LogP) is 0.678. The number of benzene rings is 1. The van der Waals surface area contributed by atoms with Crippen LogP contribution < -0.4 is 5.46 Å². The number of hydrogen-bond acceptors (Lipinski definition) is 4. The van der Waals surface area contributed by atoms with Gasteiger partial charge in [0.05, 0.1) is 15.2 Å². The number of fused-ring (bicyclic) bond motifs is 1. The van der Waals surface area contributed by atoms with Gasteiger partial charge in [-0.3, -0.25) is 0 Å². The van der Waals surface area contributed by atoms with Crippen LogP contribution in [0.15, 0.2) is 12.1 Å². The van der Waals surface area contributed by atoms with Gasteiger partial charge in [-0.2, -0.15) is 0 Å². The molecule has 6 heteroatoms. The molecule has 2 aromatic rings. The average molecular weight is 225 g/mol. The Bertz CT molecular complexity index is 500. The Labute approximate surface area is 90.3 Å². The van der Waals surface area contributed by atoms with Gasteiger partial charge in [0.2, 0.25) is 0 Å². The van der Waals surface area contributed by atoms with Crippen molar-refractivity contribution >= 4 is 34.1 Å². The summed E-state index contributed by atoms with van der Waals surface area (Å²) in [5.41, 5.74) is 0.606. The highest BCUT2D eigenvalue weighted by Gasteiger charge is 2.19. The van der Waals surface area contributed by atoms with E-state index in [9.17, 15) is 4.39 Å². The second kappa shape index (κ2) is 3.88. The topological polar surface area (TPSA) is 53.4 Å². The lowest BCUT2D eigenvalue weighted by Crippen LogP contribution is -2.30. The van der Waals surface area contributed by atoms with Crippen LogP contribution >= 0.6 is 11.3 Å². The predicted molar refractivity (Wildman–Crippen MR) is 58.8 cm³/mol. The van der Waals surface area contributed by atoms with Gasteiger partial charge in [-0.25, -0.2) is 9.37 Å². The minimum atomic E-state index is -1.61. The first-order valence-corrected chi connectivity index (χ1v) is 5.39. The lowest BCUT2D eigenvalue weighted by molar-refractivity contribution is 0.426. The number of hydrogen-bond donors (Lipinski definition) is 2. The van der Waals surface area contributed by atoms with Gasteiger partial charge in [0.25, 0.3) is 0 Å². The highest BCUT2D eigenvalue weighted by Crippen LogP contribution is 2.24. The summed E-state index contributed by atoms with van der Waals surface area (Å²) in [6.07, 6.45) is 0.708. The van der Waals surface area contributed by atoms with Crippen LogP contribution in [0, 0.1) is 5.82 Å². The highest BCUT2D eigenvalue weighted by molar-refractivity contribution is 7.18. The van der Waals surface area contributed by atoms with Crippen LogP contribution in [-0.4, -0.2) is 22.2 Å². The third-order valence-electron chi connectivity index (χ3n) is 2.15. The van der Waals surface area contributed by atoms with Crippen LogP contribution in [0.5, 0.6) is 0 Å². The van der Waals surface area contributed by atoms with E-state index in [1.165, 1.54) is 23.5 Å². The maximum absolute atomic E-state index is 13.4. The van der Waals surface area contributed by atoms with Crippen LogP contribution in [0.25, 0.3) is 10.2 Å². The fourth-order valence-corrected chi connectivity index (χ4v) is 2.34. The number of nitrogens with zero attached hydrogens (tertiary/aromatic N) is 1. The summed E-state index contributed by atoms with van der Waals surface area (Å²) >= 11 is 1.25. The zero-order valence-corrected chi connectivity index (χ0v) is 8.88. The molecule has 0 saturated carbocycles. The average Bonchev–Trinajstić information content (AvgIpc) is 2.62. The van der Waals surface area contributed by atoms with Gasteiger partial charge < -0.3 is 10.0 Å². The van der Waals surface area contributed by atoms with Crippen LogP contribution in [0.3, 0.4) is 0 Å². The van der Waals surface area contributed by atoms with E-state index in [0.717, 1.165) is 5.01 Å². The summed E-state index contributed by atoms with van der Waals surface area (Å²) in [6, 6.07) is 2.58. The molecule has 3 nitrogen and oxygen atoms in total. The van der Waals surface area contributed by atoms with E-state index in [2.05, 4.69) is 4.98 Å². The molecule has 1 aromatic heterocycles. The van der Waals surface area contributed by atoms with E-state index in [1.807, 2.05) is 6.92 Å². The molecule has 15 heavy (non-hydrogen) atoms. The second-order valence-corrected chi connectivity index (χ2v) is 4.23. The molecule has 0 bridgehead atoms.